The van der Waals surface area contributed by atoms with Crippen LogP contribution in [-0.4, -0.2) is 61.9 Å². The Morgan fingerprint density at radius 2 is 1.37 bits per heavy atom. The summed E-state index contributed by atoms with van der Waals surface area (Å²) in [6, 6.07) is 0. The topological polar surface area (TPSA) is 47.9 Å². The Morgan fingerprint density at radius 1 is 0.900 bits per heavy atom. The molecular formula is C22H46O4S2Si2. The Kier molecular flexibility index (Phi) is 8.45. The second kappa shape index (κ2) is 9.31. The third kappa shape index (κ3) is 6.10. The molecule has 2 heterocycles. The molecule has 8 heteroatoms. The third-order valence-electron chi connectivity index (χ3n) is 7.40. The molecule has 4 atom stereocenters. The summed E-state index contributed by atoms with van der Waals surface area (Å²) in [5, 5.41) is 11.8. The molecule has 2 aliphatic heterocycles. The zero-order valence-electron chi connectivity index (χ0n) is 21.1. The summed E-state index contributed by atoms with van der Waals surface area (Å²) in [6.45, 7) is 24.8. The standard InChI is InChI=1S/C22H46O4S2Si2/c1-16-18(26-30(10,11)21(5,6)7)17(25-29(8,9)20(2,3)4)15-22(23,24-16)19-27-13-12-14-28-19/h16-19,23H,12-15H2,1-11H3/t16-,17-,18-,22-/m0/s1. The summed E-state index contributed by atoms with van der Waals surface area (Å²) in [4.78, 5) is 0. The molecule has 178 valence electrons. The van der Waals surface area contributed by atoms with E-state index in [1.807, 2.05) is 23.5 Å². The van der Waals surface area contributed by atoms with E-state index >= 15 is 0 Å². The number of rotatable bonds is 5. The van der Waals surface area contributed by atoms with Crippen molar-refractivity contribution in [3.63, 3.8) is 0 Å². The maximum Gasteiger partial charge on any atom is 0.192 e. The summed E-state index contributed by atoms with van der Waals surface area (Å²) < 4.78 is 20.2. The maximum absolute atomic E-state index is 11.6. The predicted molar refractivity (Wildman–Crippen MR) is 138 cm³/mol. The first kappa shape index (κ1) is 27.2. The molecular weight excluding hydrogens is 449 g/mol. The summed E-state index contributed by atoms with van der Waals surface area (Å²) in [5.74, 6) is 0.986. The van der Waals surface area contributed by atoms with Crippen molar-refractivity contribution in [3.05, 3.63) is 0 Å². The van der Waals surface area contributed by atoms with Crippen molar-refractivity contribution >= 4 is 40.2 Å². The Labute approximate surface area is 196 Å². The Hall–Kier alpha value is 0.974. The summed E-state index contributed by atoms with van der Waals surface area (Å²) in [5.41, 5.74) is 0. The van der Waals surface area contributed by atoms with Gasteiger partial charge in [-0.25, -0.2) is 0 Å². The first-order chi connectivity index (χ1) is 13.4. The number of aliphatic hydroxyl groups is 1. The fourth-order valence-electron chi connectivity index (χ4n) is 3.40. The number of hydrogen-bond acceptors (Lipinski definition) is 6. The summed E-state index contributed by atoms with van der Waals surface area (Å²) in [7, 11) is -4.06. The monoisotopic (exact) mass is 494 g/mol. The Bertz CT molecular complexity index is 583. The second-order valence-corrected chi connectivity index (χ2v) is 24.3. The molecule has 2 fully saturated rings. The van der Waals surface area contributed by atoms with Crippen LogP contribution in [0.4, 0.5) is 0 Å². The highest BCUT2D eigenvalue weighted by atomic mass is 32.2. The molecule has 30 heavy (non-hydrogen) atoms. The third-order valence-corrected chi connectivity index (χ3v) is 19.6. The van der Waals surface area contributed by atoms with Crippen molar-refractivity contribution in [1.82, 2.24) is 0 Å². The fourth-order valence-corrected chi connectivity index (χ4v) is 9.12. The molecule has 0 aromatic heterocycles. The van der Waals surface area contributed by atoms with Gasteiger partial charge in [-0.05, 0) is 61.1 Å². The van der Waals surface area contributed by atoms with Crippen LogP contribution < -0.4 is 0 Å². The summed E-state index contributed by atoms with van der Waals surface area (Å²) in [6.07, 6.45) is 1.15. The smallest absolute Gasteiger partial charge is 0.192 e. The van der Waals surface area contributed by atoms with Gasteiger partial charge >= 0.3 is 0 Å². The SMILES string of the molecule is C[C@@H]1O[C@](O)(C2SCCCS2)C[C@H](O[Si](C)(C)C(C)(C)C)[C@H]1O[Si](C)(C)C(C)(C)C. The number of hydrogen-bond donors (Lipinski definition) is 1. The van der Waals surface area contributed by atoms with Gasteiger partial charge in [0.05, 0.1) is 18.3 Å². The second-order valence-electron chi connectivity index (χ2n) is 12.1. The largest absolute Gasteiger partial charge is 0.411 e. The van der Waals surface area contributed by atoms with E-state index in [0.717, 1.165) is 11.5 Å². The van der Waals surface area contributed by atoms with Crippen LogP contribution in [0.25, 0.3) is 0 Å². The van der Waals surface area contributed by atoms with Gasteiger partial charge in [0.15, 0.2) is 22.4 Å². The van der Waals surface area contributed by atoms with Gasteiger partial charge in [-0.2, -0.15) is 0 Å². The van der Waals surface area contributed by atoms with E-state index in [2.05, 4.69) is 74.7 Å². The highest BCUT2D eigenvalue weighted by molar-refractivity contribution is 8.17. The quantitative estimate of drug-likeness (QED) is 0.443. The Morgan fingerprint density at radius 3 is 1.83 bits per heavy atom. The van der Waals surface area contributed by atoms with Crippen LogP contribution in [0.15, 0.2) is 0 Å². The van der Waals surface area contributed by atoms with Crippen molar-refractivity contribution in [2.45, 2.75) is 126 Å². The minimum Gasteiger partial charge on any atom is -0.411 e. The number of thioether (sulfide) groups is 2. The van der Waals surface area contributed by atoms with Crippen LogP contribution in [-0.2, 0) is 13.6 Å². The van der Waals surface area contributed by atoms with Crippen molar-refractivity contribution in [3.8, 4) is 0 Å². The molecule has 4 nitrogen and oxygen atoms in total. The van der Waals surface area contributed by atoms with Crippen molar-refractivity contribution in [2.24, 2.45) is 0 Å². The lowest BCUT2D eigenvalue weighted by molar-refractivity contribution is -0.283. The molecule has 0 saturated carbocycles. The zero-order valence-corrected chi connectivity index (χ0v) is 24.8. The lowest BCUT2D eigenvalue weighted by atomic mass is 9.97. The predicted octanol–water partition coefficient (Wildman–Crippen LogP) is 6.46. The van der Waals surface area contributed by atoms with Crippen LogP contribution in [0.2, 0.25) is 36.3 Å². The fraction of sp³-hybridized carbons (Fsp3) is 1.00. The first-order valence-electron chi connectivity index (χ1n) is 11.4. The highest BCUT2D eigenvalue weighted by Gasteiger charge is 2.55. The van der Waals surface area contributed by atoms with Gasteiger partial charge in [-0.1, -0.05) is 41.5 Å². The molecule has 0 radical (unpaired) electrons. The normalized spacial score (nSPS) is 33.0. The van der Waals surface area contributed by atoms with E-state index in [4.69, 9.17) is 13.6 Å². The lowest BCUT2D eigenvalue weighted by Crippen LogP contribution is -2.63. The van der Waals surface area contributed by atoms with Gasteiger partial charge < -0.3 is 18.7 Å². The minimum absolute atomic E-state index is 0.0352. The molecule has 2 rings (SSSR count). The van der Waals surface area contributed by atoms with Crippen molar-refractivity contribution in [2.75, 3.05) is 11.5 Å². The number of ether oxygens (including phenoxy) is 1. The van der Waals surface area contributed by atoms with Gasteiger partial charge in [0, 0.05) is 6.42 Å². The van der Waals surface area contributed by atoms with E-state index < -0.39 is 22.4 Å². The lowest BCUT2D eigenvalue weighted by Gasteiger charge is -2.53. The van der Waals surface area contributed by atoms with E-state index in [1.54, 1.807) is 0 Å². The van der Waals surface area contributed by atoms with Gasteiger partial charge in [0.2, 0.25) is 0 Å². The first-order valence-corrected chi connectivity index (χ1v) is 19.3. The van der Waals surface area contributed by atoms with Crippen LogP contribution in [0, 0.1) is 0 Å². The highest BCUT2D eigenvalue weighted by Crippen LogP contribution is 2.48. The van der Waals surface area contributed by atoms with Crippen LogP contribution in [0.5, 0.6) is 0 Å². The van der Waals surface area contributed by atoms with E-state index in [-0.39, 0.29) is 33.0 Å². The van der Waals surface area contributed by atoms with Gasteiger partial charge in [0.1, 0.15) is 4.58 Å². The molecule has 0 spiro atoms. The van der Waals surface area contributed by atoms with Gasteiger partial charge in [-0.3, -0.25) is 0 Å². The van der Waals surface area contributed by atoms with Gasteiger partial charge in [0.25, 0.3) is 0 Å². The minimum atomic E-state index is -2.04. The van der Waals surface area contributed by atoms with Gasteiger partial charge in [-0.15, -0.1) is 23.5 Å². The van der Waals surface area contributed by atoms with E-state index in [1.165, 1.54) is 6.42 Å². The molecule has 0 amide bonds. The van der Waals surface area contributed by atoms with Crippen LogP contribution in [0.1, 0.15) is 61.3 Å². The Balaban J connectivity index is 2.35. The molecule has 0 bridgehead atoms. The van der Waals surface area contributed by atoms with Crippen LogP contribution >= 0.6 is 23.5 Å². The zero-order chi connectivity index (χ0) is 23.2. The molecule has 0 aliphatic carbocycles. The molecule has 0 aromatic rings. The van der Waals surface area contributed by atoms with Crippen molar-refractivity contribution in [1.29, 1.82) is 0 Å². The molecule has 1 N–H and O–H groups in total. The average Bonchev–Trinajstić information content (AvgIpc) is 2.56. The molecule has 2 saturated heterocycles. The average molecular weight is 495 g/mol. The molecule has 0 aromatic carbocycles. The molecule has 2 aliphatic rings. The van der Waals surface area contributed by atoms with Crippen LogP contribution in [0.3, 0.4) is 0 Å². The summed E-state index contributed by atoms with van der Waals surface area (Å²) >= 11 is 3.65. The maximum atomic E-state index is 11.6. The van der Waals surface area contributed by atoms with E-state index in [0.29, 0.717) is 6.42 Å². The van der Waals surface area contributed by atoms with Crippen molar-refractivity contribution < 1.29 is 18.7 Å². The molecule has 0 unspecified atom stereocenters. The van der Waals surface area contributed by atoms with E-state index in [9.17, 15) is 5.11 Å².